The molecule has 0 aliphatic rings. The van der Waals surface area contributed by atoms with Crippen LogP contribution < -0.4 is 0 Å². The molecule has 0 rings (SSSR count). The van der Waals surface area contributed by atoms with E-state index in [1.165, 1.54) is 0 Å². The van der Waals surface area contributed by atoms with E-state index in [2.05, 4.69) is 0 Å². The number of aliphatic hydroxyl groups excluding tert-OH is 2. The van der Waals surface area contributed by atoms with Crippen LogP contribution in [0, 0.1) is 0 Å². The number of halogens is 2. The summed E-state index contributed by atoms with van der Waals surface area (Å²) in [4.78, 5) is 0. The number of hydrogen-bond donors (Lipinski definition) is 2. The Kier molecular flexibility index (Phi) is 16.0. The number of alkyl halides is 2. The van der Waals surface area contributed by atoms with Crippen molar-refractivity contribution in [2.45, 2.75) is 19.4 Å². The third-order valence-electron chi connectivity index (χ3n) is 0.515. The molecule has 10 heavy (non-hydrogen) atoms. The second kappa shape index (κ2) is 12.2. The normalized spacial score (nSPS) is 11.7. The standard InChI is InChI=1S/2C3H7ClO/c1-3(5)2-4;4-2-1-3-5/h3,5H,2H2,1H3;5H,1-3H2. The van der Waals surface area contributed by atoms with E-state index >= 15 is 0 Å². The van der Waals surface area contributed by atoms with Gasteiger partial charge in [0.1, 0.15) is 0 Å². The van der Waals surface area contributed by atoms with Gasteiger partial charge in [-0.15, -0.1) is 23.2 Å². The summed E-state index contributed by atoms with van der Waals surface area (Å²) in [6, 6.07) is 0. The van der Waals surface area contributed by atoms with E-state index in [1.807, 2.05) is 0 Å². The molecule has 0 aliphatic heterocycles. The summed E-state index contributed by atoms with van der Waals surface area (Å²) < 4.78 is 0. The van der Waals surface area contributed by atoms with Crippen molar-refractivity contribution in [3.8, 4) is 0 Å². The zero-order valence-electron chi connectivity index (χ0n) is 6.06. The largest absolute Gasteiger partial charge is 0.396 e. The zero-order valence-corrected chi connectivity index (χ0v) is 7.57. The SMILES string of the molecule is CC(O)CCl.OCCCCl. The Balaban J connectivity index is 0. The quantitative estimate of drug-likeness (QED) is 0.655. The summed E-state index contributed by atoms with van der Waals surface area (Å²) in [5.74, 6) is 0.899. The second-order valence-corrected chi connectivity index (χ2v) is 2.46. The van der Waals surface area contributed by atoms with E-state index < -0.39 is 0 Å². The average Bonchev–Trinajstić information content (AvgIpc) is 1.91. The van der Waals surface area contributed by atoms with E-state index in [4.69, 9.17) is 33.4 Å². The van der Waals surface area contributed by atoms with Crippen LogP contribution in [0.3, 0.4) is 0 Å². The fourth-order valence-electron chi connectivity index (χ4n) is 0.0598. The van der Waals surface area contributed by atoms with Gasteiger partial charge in [-0.1, -0.05) is 0 Å². The van der Waals surface area contributed by atoms with Gasteiger partial charge in [0.2, 0.25) is 0 Å². The van der Waals surface area contributed by atoms with Crippen molar-refractivity contribution >= 4 is 23.2 Å². The summed E-state index contributed by atoms with van der Waals surface area (Å²) >= 11 is 10.2. The summed E-state index contributed by atoms with van der Waals surface area (Å²) in [5, 5.41) is 16.2. The molecule has 0 saturated heterocycles. The van der Waals surface area contributed by atoms with Crippen LogP contribution in [-0.2, 0) is 0 Å². The van der Waals surface area contributed by atoms with Gasteiger partial charge in [-0.3, -0.25) is 0 Å². The van der Waals surface area contributed by atoms with E-state index in [0.29, 0.717) is 18.2 Å². The average molecular weight is 189 g/mol. The van der Waals surface area contributed by atoms with E-state index in [9.17, 15) is 0 Å². The van der Waals surface area contributed by atoms with Gasteiger partial charge in [-0.25, -0.2) is 0 Å². The maximum absolute atomic E-state index is 8.23. The fourth-order valence-corrected chi connectivity index (χ4v) is 0.179. The van der Waals surface area contributed by atoms with Crippen molar-refractivity contribution in [3.63, 3.8) is 0 Å². The summed E-state index contributed by atoms with van der Waals surface area (Å²) in [7, 11) is 0. The summed E-state index contributed by atoms with van der Waals surface area (Å²) in [6.45, 7) is 1.86. The molecule has 1 atom stereocenters. The Morgan fingerprint density at radius 1 is 1.40 bits per heavy atom. The van der Waals surface area contributed by atoms with Crippen LogP contribution >= 0.6 is 23.2 Å². The highest BCUT2D eigenvalue weighted by molar-refractivity contribution is 6.18. The molecule has 0 amide bonds. The fraction of sp³-hybridized carbons (Fsp3) is 1.00. The highest BCUT2D eigenvalue weighted by Crippen LogP contribution is 1.80. The predicted molar refractivity (Wildman–Crippen MR) is 44.8 cm³/mol. The molecule has 64 valence electrons. The summed E-state index contributed by atoms with van der Waals surface area (Å²) in [5.41, 5.74) is 0. The lowest BCUT2D eigenvalue weighted by molar-refractivity contribution is 0.219. The molecule has 0 saturated carbocycles. The van der Waals surface area contributed by atoms with E-state index in [-0.39, 0.29) is 12.7 Å². The molecule has 0 heterocycles. The lowest BCUT2D eigenvalue weighted by Gasteiger charge is -1.88. The van der Waals surface area contributed by atoms with Crippen LogP contribution in [0.1, 0.15) is 13.3 Å². The Labute approximate surface area is 71.8 Å². The highest BCUT2D eigenvalue weighted by atomic mass is 35.5. The van der Waals surface area contributed by atoms with Gasteiger partial charge >= 0.3 is 0 Å². The zero-order chi connectivity index (χ0) is 8.41. The first-order chi connectivity index (χ1) is 4.68. The lowest BCUT2D eigenvalue weighted by atomic mass is 10.5. The monoisotopic (exact) mass is 188 g/mol. The van der Waals surface area contributed by atoms with E-state index in [1.54, 1.807) is 6.92 Å². The van der Waals surface area contributed by atoms with Crippen LogP contribution in [0.25, 0.3) is 0 Å². The van der Waals surface area contributed by atoms with E-state index in [0.717, 1.165) is 0 Å². The van der Waals surface area contributed by atoms with Crippen LogP contribution in [-0.4, -0.2) is 34.7 Å². The van der Waals surface area contributed by atoms with Gasteiger partial charge in [0, 0.05) is 18.4 Å². The molecule has 0 aromatic carbocycles. The van der Waals surface area contributed by atoms with Gasteiger partial charge in [-0.2, -0.15) is 0 Å². The minimum absolute atomic E-state index is 0.212. The van der Waals surface area contributed by atoms with Gasteiger partial charge in [0.25, 0.3) is 0 Å². The summed E-state index contributed by atoms with van der Waals surface area (Å²) in [6.07, 6.45) is 0.360. The molecular weight excluding hydrogens is 175 g/mol. The number of rotatable bonds is 3. The minimum Gasteiger partial charge on any atom is -0.396 e. The van der Waals surface area contributed by atoms with Gasteiger partial charge in [-0.05, 0) is 13.3 Å². The predicted octanol–water partition coefficient (Wildman–Crippen LogP) is 1.21. The number of aliphatic hydroxyl groups is 2. The molecule has 0 radical (unpaired) electrons. The Morgan fingerprint density at radius 3 is 1.80 bits per heavy atom. The van der Waals surface area contributed by atoms with Crippen molar-refractivity contribution in [2.24, 2.45) is 0 Å². The Hall–Kier alpha value is 0.500. The van der Waals surface area contributed by atoms with Gasteiger partial charge in [0.15, 0.2) is 0 Å². The Bertz CT molecular complexity index is 49.0. The lowest BCUT2D eigenvalue weighted by Crippen LogP contribution is -1.98. The molecule has 0 aromatic heterocycles. The molecular formula is C6H14Cl2O2. The molecule has 2 nitrogen and oxygen atoms in total. The van der Waals surface area contributed by atoms with Crippen molar-refractivity contribution in [1.29, 1.82) is 0 Å². The van der Waals surface area contributed by atoms with Crippen molar-refractivity contribution < 1.29 is 10.2 Å². The Morgan fingerprint density at radius 2 is 1.80 bits per heavy atom. The first-order valence-corrected chi connectivity index (χ1v) is 4.16. The molecule has 2 N–H and O–H groups in total. The van der Waals surface area contributed by atoms with Crippen molar-refractivity contribution in [2.75, 3.05) is 18.4 Å². The van der Waals surface area contributed by atoms with Crippen LogP contribution in [0.2, 0.25) is 0 Å². The maximum Gasteiger partial charge on any atom is 0.0647 e. The molecule has 0 spiro atoms. The molecule has 0 aromatic rings. The molecule has 0 aliphatic carbocycles. The molecule has 0 fully saturated rings. The van der Waals surface area contributed by atoms with Gasteiger partial charge in [0.05, 0.1) is 6.10 Å². The third-order valence-corrected chi connectivity index (χ3v) is 1.23. The smallest absolute Gasteiger partial charge is 0.0647 e. The highest BCUT2D eigenvalue weighted by Gasteiger charge is 1.84. The van der Waals surface area contributed by atoms with Crippen LogP contribution in [0.4, 0.5) is 0 Å². The van der Waals surface area contributed by atoms with Crippen LogP contribution in [0.5, 0.6) is 0 Å². The molecule has 1 unspecified atom stereocenters. The first-order valence-electron chi connectivity index (χ1n) is 3.09. The third kappa shape index (κ3) is 23.6. The molecule has 0 bridgehead atoms. The van der Waals surface area contributed by atoms with Crippen molar-refractivity contribution in [3.05, 3.63) is 0 Å². The topological polar surface area (TPSA) is 40.5 Å². The van der Waals surface area contributed by atoms with Crippen LogP contribution in [0.15, 0.2) is 0 Å². The first kappa shape index (κ1) is 13.1. The second-order valence-electron chi connectivity index (χ2n) is 1.77. The van der Waals surface area contributed by atoms with Crippen molar-refractivity contribution in [1.82, 2.24) is 0 Å². The van der Waals surface area contributed by atoms with Gasteiger partial charge < -0.3 is 10.2 Å². The minimum atomic E-state index is -0.350. The molecule has 4 heteroatoms. The number of hydrogen-bond acceptors (Lipinski definition) is 2. The maximum atomic E-state index is 8.23.